The molecule has 178 valence electrons. The maximum absolute atomic E-state index is 12.9. The van der Waals surface area contributed by atoms with Gasteiger partial charge in [-0.3, -0.25) is 14.5 Å². The van der Waals surface area contributed by atoms with E-state index in [-0.39, 0.29) is 11.8 Å². The van der Waals surface area contributed by atoms with Crippen LogP contribution in [0.15, 0.2) is 48.5 Å². The van der Waals surface area contributed by atoms with Crippen LogP contribution in [0, 0.1) is 5.92 Å². The van der Waals surface area contributed by atoms with Crippen molar-refractivity contribution >= 4 is 27.5 Å². The Balaban J connectivity index is 1.64. The summed E-state index contributed by atoms with van der Waals surface area (Å²) < 4.78 is 24.9. The van der Waals surface area contributed by atoms with Gasteiger partial charge in [0.05, 0.1) is 17.5 Å². The number of anilines is 1. The Hall–Kier alpha value is -2.75. The normalized spacial score (nSPS) is 15.4. The van der Waals surface area contributed by atoms with E-state index in [0.29, 0.717) is 62.0 Å². The highest BCUT2D eigenvalue weighted by molar-refractivity contribution is 7.88. The minimum Gasteiger partial charge on any atom is -0.352 e. The third-order valence-corrected chi connectivity index (χ3v) is 6.79. The van der Waals surface area contributed by atoms with E-state index in [1.54, 1.807) is 30.3 Å². The van der Waals surface area contributed by atoms with Crippen molar-refractivity contribution < 1.29 is 18.0 Å². The van der Waals surface area contributed by atoms with E-state index in [1.807, 2.05) is 32.0 Å². The number of para-hydroxylation sites is 1. The van der Waals surface area contributed by atoms with Gasteiger partial charge in [0.2, 0.25) is 10.0 Å². The maximum atomic E-state index is 12.9. The molecule has 2 aromatic carbocycles. The summed E-state index contributed by atoms with van der Waals surface area (Å²) in [4.78, 5) is 27.6. The van der Waals surface area contributed by atoms with Crippen LogP contribution in [-0.2, 0) is 16.6 Å². The molecule has 1 saturated heterocycles. The highest BCUT2D eigenvalue weighted by Crippen LogP contribution is 2.18. The second-order valence-electron chi connectivity index (χ2n) is 8.74. The molecular weight excluding hydrogens is 440 g/mol. The van der Waals surface area contributed by atoms with E-state index in [0.717, 1.165) is 5.56 Å². The lowest BCUT2D eigenvalue weighted by molar-refractivity contribution is 0.0950. The predicted octanol–water partition coefficient (Wildman–Crippen LogP) is 2.40. The number of piperazine rings is 1. The maximum Gasteiger partial charge on any atom is 0.255 e. The number of hydrogen-bond donors (Lipinski definition) is 2. The number of carbonyl (C=O) groups excluding carboxylic acids is 2. The van der Waals surface area contributed by atoms with E-state index >= 15 is 0 Å². The molecule has 0 radical (unpaired) electrons. The minimum absolute atomic E-state index is 0.221. The zero-order chi connectivity index (χ0) is 24.0. The van der Waals surface area contributed by atoms with Gasteiger partial charge >= 0.3 is 0 Å². The summed E-state index contributed by atoms with van der Waals surface area (Å²) in [6.45, 7) is 7.45. The summed E-state index contributed by atoms with van der Waals surface area (Å²) in [6, 6.07) is 14.3. The zero-order valence-corrected chi connectivity index (χ0v) is 20.2. The number of rotatable bonds is 8. The molecule has 3 rings (SSSR count). The zero-order valence-electron chi connectivity index (χ0n) is 19.4. The van der Waals surface area contributed by atoms with E-state index in [4.69, 9.17) is 0 Å². The first-order chi connectivity index (χ1) is 15.6. The Bertz CT molecular complexity index is 1090. The summed E-state index contributed by atoms with van der Waals surface area (Å²) in [5.74, 6) is -0.183. The molecule has 0 atom stereocenters. The molecule has 33 heavy (non-hydrogen) atoms. The Kier molecular flexibility index (Phi) is 8.23. The molecule has 2 N–H and O–H groups in total. The van der Waals surface area contributed by atoms with Crippen LogP contribution in [0.5, 0.6) is 0 Å². The van der Waals surface area contributed by atoms with Crippen LogP contribution in [0.4, 0.5) is 5.69 Å². The van der Waals surface area contributed by atoms with Crippen molar-refractivity contribution in [1.29, 1.82) is 0 Å². The number of amides is 2. The number of nitrogens with one attached hydrogen (secondary N) is 2. The fourth-order valence-corrected chi connectivity index (χ4v) is 4.49. The Morgan fingerprint density at radius 1 is 0.970 bits per heavy atom. The molecule has 0 spiro atoms. The average Bonchev–Trinajstić information content (AvgIpc) is 2.78. The highest BCUT2D eigenvalue weighted by atomic mass is 32.2. The molecule has 1 heterocycles. The molecule has 1 aliphatic heterocycles. The standard InChI is InChI=1S/C24H32N4O4S/c1-18(2)16-25-24(30)21-9-4-5-10-22(21)26-23(29)20-8-6-7-19(15-20)17-27-11-13-28(14-12-27)33(3,31)32/h4-10,15,18H,11-14,16-17H2,1-3H3,(H,25,30)(H,26,29). The van der Waals surface area contributed by atoms with Crippen molar-refractivity contribution in [2.45, 2.75) is 20.4 Å². The van der Waals surface area contributed by atoms with Gasteiger partial charge in [0.25, 0.3) is 11.8 Å². The first-order valence-corrected chi connectivity index (χ1v) is 12.9. The van der Waals surface area contributed by atoms with Crippen molar-refractivity contribution in [3.8, 4) is 0 Å². The topological polar surface area (TPSA) is 98.8 Å². The van der Waals surface area contributed by atoms with Crippen molar-refractivity contribution in [2.24, 2.45) is 5.92 Å². The van der Waals surface area contributed by atoms with Crippen LogP contribution in [0.1, 0.15) is 40.1 Å². The minimum atomic E-state index is -3.16. The number of nitrogens with zero attached hydrogens (tertiary/aromatic N) is 2. The third kappa shape index (κ3) is 7.12. The molecule has 9 heteroatoms. The van der Waals surface area contributed by atoms with Crippen LogP contribution in [0.25, 0.3) is 0 Å². The Labute approximate surface area is 196 Å². The van der Waals surface area contributed by atoms with Crippen LogP contribution >= 0.6 is 0 Å². The number of benzene rings is 2. The molecule has 0 aromatic heterocycles. The van der Waals surface area contributed by atoms with Gasteiger partial charge in [-0.25, -0.2) is 8.42 Å². The lowest BCUT2D eigenvalue weighted by atomic mass is 10.1. The van der Waals surface area contributed by atoms with Crippen molar-refractivity contribution in [3.63, 3.8) is 0 Å². The van der Waals surface area contributed by atoms with Gasteiger partial charge in [-0.1, -0.05) is 38.1 Å². The smallest absolute Gasteiger partial charge is 0.255 e. The molecule has 2 amide bonds. The molecule has 0 aliphatic carbocycles. The van der Waals surface area contributed by atoms with Gasteiger partial charge in [-0.2, -0.15) is 4.31 Å². The lowest BCUT2D eigenvalue weighted by Crippen LogP contribution is -2.47. The molecule has 1 fully saturated rings. The monoisotopic (exact) mass is 472 g/mol. The summed E-state index contributed by atoms with van der Waals surface area (Å²) in [6.07, 6.45) is 1.23. The molecular formula is C24H32N4O4S. The summed E-state index contributed by atoms with van der Waals surface area (Å²) >= 11 is 0. The average molecular weight is 473 g/mol. The molecule has 0 saturated carbocycles. The fourth-order valence-electron chi connectivity index (χ4n) is 3.67. The summed E-state index contributed by atoms with van der Waals surface area (Å²) in [5, 5.41) is 5.74. The van der Waals surface area contributed by atoms with Gasteiger partial charge in [0.1, 0.15) is 0 Å². The quantitative estimate of drug-likeness (QED) is 0.615. The van der Waals surface area contributed by atoms with Crippen molar-refractivity contribution in [2.75, 3.05) is 44.3 Å². The van der Waals surface area contributed by atoms with E-state index in [1.165, 1.54) is 10.6 Å². The van der Waals surface area contributed by atoms with Gasteiger partial charge in [-0.05, 0) is 35.7 Å². The molecule has 0 unspecified atom stereocenters. The SMILES string of the molecule is CC(C)CNC(=O)c1ccccc1NC(=O)c1cccc(CN2CCN(S(C)(=O)=O)CC2)c1. The fraction of sp³-hybridized carbons (Fsp3) is 0.417. The lowest BCUT2D eigenvalue weighted by Gasteiger charge is -2.33. The second kappa shape index (κ2) is 10.9. The molecule has 2 aromatic rings. The summed E-state index contributed by atoms with van der Waals surface area (Å²) in [7, 11) is -3.16. The second-order valence-corrected chi connectivity index (χ2v) is 10.7. The van der Waals surface area contributed by atoms with Crippen LogP contribution in [0.3, 0.4) is 0 Å². The predicted molar refractivity (Wildman–Crippen MR) is 130 cm³/mol. The molecule has 0 bridgehead atoms. The van der Waals surface area contributed by atoms with Crippen molar-refractivity contribution in [1.82, 2.24) is 14.5 Å². The van der Waals surface area contributed by atoms with E-state index in [9.17, 15) is 18.0 Å². The van der Waals surface area contributed by atoms with Gasteiger partial charge in [-0.15, -0.1) is 0 Å². The Morgan fingerprint density at radius 2 is 1.67 bits per heavy atom. The number of carbonyl (C=O) groups is 2. The van der Waals surface area contributed by atoms with E-state index in [2.05, 4.69) is 15.5 Å². The molecule has 1 aliphatic rings. The van der Waals surface area contributed by atoms with Gasteiger partial charge < -0.3 is 10.6 Å². The molecule has 8 nitrogen and oxygen atoms in total. The highest BCUT2D eigenvalue weighted by Gasteiger charge is 2.23. The Morgan fingerprint density at radius 3 is 2.33 bits per heavy atom. The van der Waals surface area contributed by atoms with Crippen molar-refractivity contribution in [3.05, 3.63) is 65.2 Å². The van der Waals surface area contributed by atoms with Gasteiger partial charge in [0, 0.05) is 44.8 Å². The first-order valence-electron chi connectivity index (χ1n) is 11.1. The third-order valence-electron chi connectivity index (χ3n) is 5.49. The van der Waals surface area contributed by atoms with Gasteiger partial charge in [0.15, 0.2) is 0 Å². The van der Waals surface area contributed by atoms with E-state index < -0.39 is 10.0 Å². The number of sulfonamides is 1. The van der Waals surface area contributed by atoms with Crippen LogP contribution < -0.4 is 10.6 Å². The largest absolute Gasteiger partial charge is 0.352 e. The first kappa shape index (κ1) is 24.9. The van der Waals surface area contributed by atoms with Crippen LogP contribution in [0.2, 0.25) is 0 Å². The van der Waals surface area contributed by atoms with Crippen LogP contribution in [-0.4, -0.2) is 68.4 Å². The summed E-state index contributed by atoms with van der Waals surface area (Å²) in [5.41, 5.74) is 2.36. The number of hydrogen-bond acceptors (Lipinski definition) is 5.